The molecule has 1 aliphatic rings. The summed E-state index contributed by atoms with van der Waals surface area (Å²) in [6.07, 6.45) is 0. The molecule has 3 aromatic rings. The van der Waals surface area contributed by atoms with Crippen molar-refractivity contribution in [2.45, 2.75) is 4.90 Å². The van der Waals surface area contributed by atoms with Gasteiger partial charge in [-0.2, -0.15) is 0 Å². The van der Waals surface area contributed by atoms with Crippen molar-refractivity contribution in [2.75, 3.05) is 22.5 Å². The molecule has 0 aromatic heterocycles. The Kier molecular flexibility index (Phi) is 4.15. The van der Waals surface area contributed by atoms with Crippen molar-refractivity contribution >= 4 is 45.7 Å². The largest absolute Gasteiger partial charge is 0.324 e. The number of nitrogens with one attached hydrogen (secondary N) is 1. The number of fused-ring (bicyclic) bond motifs is 2. The Bertz CT molecular complexity index is 965. The molecular formula is C20H16N2O2S. The lowest BCUT2D eigenvalue weighted by Gasteiger charge is -2.28. The summed E-state index contributed by atoms with van der Waals surface area (Å²) in [7, 11) is 0. The van der Waals surface area contributed by atoms with Gasteiger partial charge >= 0.3 is 0 Å². The van der Waals surface area contributed by atoms with E-state index in [4.69, 9.17) is 0 Å². The smallest absolute Gasteiger partial charge is 0.244 e. The standard InChI is InChI=1S/C20H16N2O2S/c23-19(21-16-9-5-7-14-6-1-2-8-15(14)16)12-22-17-10-3-4-11-18(17)25-13-20(22)24/h1-11H,12-13H2,(H,21,23). The number of nitrogens with zero attached hydrogens (tertiary/aromatic N) is 1. The lowest BCUT2D eigenvalue weighted by Crippen LogP contribution is -2.41. The Hall–Kier alpha value is -2.79. The molecule has 1 heterocycles. The second-order valence-electron chi connectivity index (χ2n) is 5.81. The SMILES string of the molecule is O=C(CN1C(=O)CSc2ccccc21)Nc1cccc2ccccc12. The summed E-state index contributed by atoms with van der Waals surface area (Å²) >= 11 is 1.51. The number of benzene rings is 3. The first-order valence-electron chi connectivity index (χ1n) is 8.02. The summed E-state index contributed by atoms with van der Waals surface area (Å²) in [5.74, 6) is 0.113. The van der Waals surface area contributed by atoms with E-state index in [1.54, 1.807) is 4.90 Å². The number of carbonyl (C=O) groups excluding carboxylic acids is 2. The Morgan fingerprint density at radius 3 is 2.68 bits per heavy atom. The van der Waals surface area contributed by atoms with Gasteiger partial charge in [0.25, 0.3) is 0 Å². The fraction of sp³-hybridized carbons (Fsp3) is 0.100. The third kappa shape index (κ3) is 3.10. The number of rotatable bonds is 3. The maximum atomic E-state index is 12.6. The molecule has 3 aromatic carbocycles. The fourth-order valence-corrected chi connectivity index (χ4v) is 3.93. The molecule has 0 atom stereocenters. The number of hydrogen-bond donors (Lipinski definition) is 1. The van der Waals surface area contributed by atoms with E-state index >= 15 is 0 Å². The Morgan fingerprint density at radius 1 is 1.00 bits per heavy atom. The van der Waals surface area contributed by atoms with Crippen molar-refractivity contribution in [1.82, 2.24) is 0 Å². The van der Waals surface area contributed by atoms with Crippen LogP contribution in [0, 0.1) is 0 Å². The van der Waals surface area contributed by atoms with Gasteiger partial charge in [0.1, 0.15) is 6.54 Å². The number of carbonyl (C=O) groups is 2. The number of anilines is 2. The molecule has 0 saturated heterocycles. The first kappa shape index (κ1) is 15.7. The van der Waals surface area contributed by atoms with Gasteiger partial charge in [-0.3, -0.25) is 9.59 Å². The average molecular weight is 348 g/mol. The zero-order valence-corrected chi connectivity index (χ0v) is 14.3. The van der Waals surface area contributed by atoms with E-state index < -0.39 is 0 Å². The van der Waals surface area contributed by atoms with Crippen LogP contribution in [0.25, 0.3) is 10.8 Å². The topological polar surface area (TPSA) is 49.4 Å². The summed E-state index contributed by atoms with van der Waals surface area (Å²) in [5, 5.41) is 5.00. The van der Waals surface area contributed by atoms with Gasteiger partial charge in [0.2, 0.25) is 11.8 Å². The van der Waals surface area contributed by atoms with Crippen molar-refractivity contribution < 1.29 is 9.59 Å². The summed E-state index contributed by atoms with van der Waals surface area (Å²) < 4.78 is 0. The summed E-state index contributed by atoms with van der Waals surface area (Å²) in [6.45, 7) is 0.0135. The van der Waals surface area contributed by atoms with Crippen molar-refractivity contribution in [3.8, 4) is 0 Å². The Labute approximate surface area is 149 Å². The van der Waals surface area contributed by atoms with Crippen molar-refractivity contribution in [3.63, 3.8) is 0 Å². The molecule has 25 heavy (non-hydrogen) atoms. The summed E-state index contributed by atoms with van der Waals surface area (Å²) in [6, 6.07) is 21.4. The van der Waals surface area contributed by atoms with E-state index in [2.05, 4.69) is 5.32 Å². The minimum atomic E-state index is -0.202. The highest BCUT2D eigenvalue weighted by Crippen LogP contribution is 2.34. The second kappa shape index (κ2) is 6.61. The predicted octanol–water partition coefficient (Wildman–Crippen LogP) is 3.92. The van der Waals surface area contributed by atoms with Gasteiger partial charge in [-0.25, -0.2) is 0 Å². The van der Waals surface area contributed by atoms with E-state index in [1.807, 2.05) is 66.7 Å². The van der Waals surface area contributed by atoms with Gasteiger partial charge in [0.05, 0.1) is 11.4 Å². The minimum Gasteiger partial charge on any atom is -0.324 e. The molecular weight excluding hydrogens is 332 g/mol. The van der Waals surface area contributed by atoms with E-state index in [0.717, 1.165) is 27.0 Å². The van der Waals surface area contributed by atoms with Gasteiger partial charge in [0, 0.05) is 16.0 Å². The number of hydrogen-bond acceptors (Lipinski definition) is 3. The van der Waals surface area contributed by atoms with Crippen LogP contribution < -0.4 is 10.2 Å². The fourth-order valence-electron chi connectivity index (χ4n) is 3.00. The van der Waals surface area contributed by atoms with Crippen molar-refractivity contribution in [2.24, 2.45) is 0 Å². The molecule has 0 spiro atoms. The molecule has 4 nitrogen and oxygen atoms in total. The quantitative estimate of drug-likeness (QED) is 0.780. The second-order valence-corrected chi connectivity index (χ2v) is 6.83. The molecule has 124 valence electrons. The maximum Gasteiger partial charge on any atom is 0.244 e. The molecule has 5 heteroatoms. The predicted molar refractivity (Wildman–Crippen MR) is 102 cm³/mol. The minimum absolute atomic E-state index is 0.0135. The van der Waals surface area contributed by atoms with Crippen molar-refractivity contribution in [1.29, 1.82) is 0 Å². The maximum absolute atomic E-state index is 12.6. The van der Waals surface area contributed by atoms with Crippen LogP contribution in [0.4, 0.5) is 11.4 Å². The normalized spacial score (nSPS) is 13.6. The van der Waals surface area contributed by atoms with Crippen LogP contribution in [0.1, 0.15) is 0 Å². The molecule has 2 amide bonds. The monoisotopic (exact) mass is 348 g/mol. The average Bonchev–Trinajstić information content (AvgIpc) is 2.64. The van der Waals surface area contributed by atoms with Crippen LogP contribution in [-0.2, 0) is 9.59 Å². The Balaban J connectivity index is 1.57. The van der Waals surface area contributed by atoms with Crippen LogP contribution in [0.2, 0.25) is 0 Å². The zero-order valence-electron chi connectivity index (χ0n) is 13.4. The van der Waals surface area contributed by atoms with E-state index in [9.17, 15) is 9.59 Å². The molecule has 0 fully saturated rings. The number of para-hydroxylation sites is 1. The first-order chi connectivity index (χ1) is 12.2. The molecule has 4 rings (SSSR count). The van der Waals surface area contributed by atoms with E-state index in [-0.39, 0.29) is 18.4 Å². The third-order valence-electron chi connectivity index (χ3n) is 4.17. The number of thioether (sulfide) groups is 1. The first-order valence-corrected chi connectivity index (χ1v) is 9.01. The van der Waals surface area contributed by atoms with Gasteiger partial charge in [0.15, 0.2) is 0 Å². The van der Waals surface area contributed by atoms with Crippen molar-refractivity contribution in [3.05, 3.63) is 66.7 Å². The molecule has 0 bridgehead atoms. The molecule has 1 aliphatic heterocycles. The lowest BCUT2D eigenvalue weighted by molar-refractivity contribution is -0.120. The van der Waals surface area contributed by atoms with Crippen LogP contribution >= 0.6 is 11.8 Å². The molecule has 0 unspecified atom stereocenters. The van der Waals surface area contributed by atoms with Crippen LogP contribution in [0.15, 0.2) is 71.6 Å². The van der Waals surface area contributed by atoms with E-state index in [0.29, 0.717) is 5.75 Å². The highest BCUT2D eigenvalue weighted by Gasteiger charge is 2.26. The lowest BCUT2D eigenvalue weighted by atomic mass is 10.1. The molecule has 0 saturated carbocycles. The summed E-state index contributed by atoms with van der Waals surface area (Å²) in [5.41, 5.74) is 1.56. The highest BCUT2D eigenvalue weighted by molar-refractivity contribution is 8.00. The number of amides is 2. The van der Waals surface area contributed by atoms with E-state index in [1.165, 1.54) is 11.8 Å². The molecule has 1 N–H and O–H groups in total. The summed E-state index contributed by atoms with van der Waals surface area (Å²) in [4.78, 5) is 27.4. The Morgan fingerprint density at radius 2 is 1.76 bits per heavy atom. The van der Waals surface area contributed by atoms with Crippen LogP contribution in [0.5, 0.6) is 0 Å². The third-order valence-corrected chi connectivity index (χ3v) is 5.22. The molecule has 0 radical (unpaired) electrons. The van der Waals surface area contributed by atoms with Crippen LogP contribution in [0.3, 0.4) is 0 Å². The van der Waals surface area contributed by atoms with Gasteiger partial charge in [-0.05, 0) is 23.6 Å². The van der Waals surface area contributed by atoms with Crippen LogP contribution in [-0.4, -0.2) is 24.1 Å². The van der Waals surface area contributed by atoms with Gasteiger partial charge < -0.3 is 10.2 Å². The molecule has 0 aliphatic carbocycles. The van der Waals surface area contributed by atoms with Gasteiger partial charge in [-0.1, -0.05) is 48.5 Å². The highest BCUT2D eigenvalue weighted by atomic mass is 32.2. The van der Waals surface area contributed by atoms with Gasteiger partial charge in [-0.15, -0.1) is 11.8 Å². The zero-order chi connectivity index (χ0) is 17.2.